The molecule has 0 aliphatic heterocycles. The lowest BCUT2D eigenvalue weighted by Gasteiger charge is -2.09. The normalized spacial score (nSPS) is 10.2. The highest BCUT2D eigenvalue weighted by atomic mass is 79.9. The van der Waals surface area contributed by atoms with Crippen LogP contribution in [0.25, 0.3) is 0 Å². The molecular weight excluding hydrogens is 278 g/mol. The number of nitrogens with two attached hydrogens (primary N) is 1. The van der Waals surface area contributed by atoms with E-state index < -0.39 is 0 Å². The van der Waals surface area contributed by atoms with Crippen molar-refractivity contribution >= 4 is 21.6 Å². The Morgan fingerprint density at radius 2 is 1.82 bits per heavy atom. The fourth-order valence-electron chi connectivity index (χ4n) is 1.74. The third-order valence-electron chi connectivity index (χ3n) is 2.62. The molecule has 0 spiro atoms. The topological polar surface area (TPSA) is 35.2 Å². The molecule has 88 valence electrons. The van der Waals surface area contributed by atoms with Gasteiger partial charge in [-0.2, -0.15) is 0 Å². The minimum atomic E-state index is 0.787. The Bertz CT molecular complexity index is 508. The van der Waals surface area contributed by atoms with Gasteiger partial charge in [0.05, 0.1) is 7.11 Å². The molecule has 0 aliphatic carbocycles. The average Bonchev–Trinajstić information content (AvgIpc) is 2.32. The zero-order chi connectivity index (χ0) is 12.3. The summed E-state index contributed by atoms with van der Waals surface area (Å²) in [5, 5.41) is 0. The Morgan fingerprint density at radius 1 is 1.12 bits per heavy atom. The first kappa shape index (κ1) is 12.0. The minimum Gasteiger partial charge on any atom is -0.496 e. The van der Waals surface area contributed by atoms with Crippen LogP contribution in [-0.4, -0.2) is 7.11 Å². The van der Waals surface area contributed by atoms with Crippen LogP contribution in [0, 0.1) is 0 Å². The van der Waals surface area contributed by atoms with E-state index in [1.54, 1.807) is 7.11 Å². The van der Waals surface area contributed by atoms with Crippen LogP contribution in [0.5, 0.6) is 5.75 Å². The van der Waals surface area contributed by atoms with Crippen LogP contribution in [0.3, 0.4) is 0 Å². The Morgan fingerprint density at radius 3 is 2.47 bits per heavy atom. The van der Waals surface area contributed by atoms with E-state index in [-0.39, 0.29) is 0 Å². The number of hydrogen-bond donors (Lipinski definition) is 1. The van der Waals surface area contributed by atoms with Crippen molar-refractivity contribution in [1.29, 1.82) is 0 Å². The molecule has 0 amide bonds. The van der Waals surface area contributed by atoms with Gasteiger partial charge in [-0.1, -0.05) is 28.1 Å². The summed E-state index contributed by atoms with van der Waals surface area (Å²) in [6.45, 7) is 0. The molecule has 0 fully saturated rings. The summed E-state index contributed by atoms with van der Waals surface area (Å²) in [5.41, 5.74) is 8.83. The summed E-state index contributed by atoms with van der Waals surface area (Å²) in [7, 11) is 1.69. The maximum atomic E-state index is 5.67. The van der Waals surface area contributed by atoms with Gasteiger partial charge in [0.1, 0.15) is 5.75 Å². The first-order valence-corrected chi connectivity index (χ1v) is 6.15. The second-order valence-electron chi connectivity index (χ2n) is 3.87. The van der Waals surface area contributed by atoms with Gasteiger partial charge >= 0.3 is 0 Å². The van der Waals surface area contributed by atoms with E-state index in [1.807, 2.05) is 36.4 Å². The van der Waals surface area contributed by atoms with E-state index in [9.17, 15) is 0 Å². The van der Waals surface area contributed by atoms with E-state index in [4.69, 9.17) is 10.5 Å². The van der Waals surface area contributed by atoms with Crippen molar-refractivity contribution in [3.63, 3.8) is 0 Å². The molecule has 0 aromatic heterocycles. The van der Waals surface area contributed by atoms with Gasteiger partial charge in [-0.15, -0.1) is 0 Å². The number of nitrogen functional groups attached to an aromatic ring is 1. The van der Waals surface area contributed by atoms with Crippen LogP contribution in [0.4, 0.5) is 5.69 Å². The number of anilines is 1. The Labute approximate surface area is 110 Å². The molecule has 2 rings (SSSR count). The van der Waals surface area contributed by atoms with Crippen molar-refractivity contribution in [2.24, 2.45) is 0 Å². The summed E-state index contributed by atoms with van der Waals surface area (Å²) < 4.78 is 6.41. The molecule has 17 heavy (non-hydrogen) atoms. The molecule has 0 aliphatic rings. The summed E-state index contributed by atoms with van der Waals surface area (Å²) in [4.78, 5) is 0. The number of hydrogen-bond acceptors (Lipinski definition) is 2. The van der Waals surface area contributed by atoms with Gasteiger partial charge in [-0.3, -0.25) is 0 Å². The van der Waals surface area contributed by atoms with E-state index in [0.29, 0.717) is 0 Å². The molecule has 2 N–H and O–H groups in total. The number of methoxy groups -OCH3 is 1. The Kier molecular flexibility index (Phi) is 3.69. The molecule has 3 heteroatoms. The molecular formula is C14H14BrNO. The molecule has 0 heterocycles. The van der Waals surface area contributed by atoms with Crippen molar-refractivity contribution in [2.75, 3.05) is 12.8 Å². The highest BCUT2D eigenvalue weighted by Gasteiger charge is 2.04. The number of ether oxygens (including phenoxy) is 1. The summed E-state index contributed by atoms with van der Waals surface area (Å²) in [5.74, 6) is 0.907. The SMILES string of the molecule is COc1ccc(Br)cc1Cc1ccc(N)cc1. The van der Waals surface area contributed by atoms with Crippen LogP contribution in [0.1, 0.15) is 11.1 Å². The molecule has 0 bridgehead atoms. The fourth-order valence-corrected chi connectivity index (χ4v) is 2.15. The summed E-state index contributed by atoms with van der Waals surface area (Å²) >= 11 is 3.47. The third kappa shape index (κ3) is 3.01. The van der Waals surface area contributed by atoms with Crippen LogP contribution in [0.15, 0.2) is 46.9 Å². The summed E-state index contributed by atoms with van der Waals surface area (Å²) in [6.07, 6.45) is 0.836. The maximum absolute atomic E-state index is 5.67. The van der Waals surface area contributed by atoms with Gasteiger partial charge in [-0.05, 0) is 41.5 Å². The van der Waals surface area contributed by atoms with Crippen LogP contribution < -0.4 is 10.5 Å². The smallest absolute Gasteiger partial charge is 0.122 e. The van der Waals surface area contributed by atoms with Gasteiger partial charge < -0.3 is 10.5 Å². The molecule has 0 atom stereocenters. The molecule has 0 saturated carbocycles. The van der Waals surface area contributed by atoms with Gasteiger partial charge in [0.25, 0.3) is 0 Å². The third-order valence-corrected chi connectivity index (χ3v) is 3.11. The molecule has 2 nitrogen and oxygen atoms in total. The minimum absolute atomic E-state index is 0.787. The van der Waals surface area contributed by atoms with E-state index >= 15 is 0 Å². The van der Waals surface area contributed by atoms with E-state index in [0.717, 1.165) is 27.9 Å². The predicted molar refractivity (Wildman–Crippen MR) is 74.4 cm³/mol. The zero-order valence-corrected chi connectivity index (χ0v) is 11.2. The second kappa shape index (κ2) is 5.23. The highest BCUT2D eigenvalue weighted by molar-refractivity contribution is 9.10. The van der Waals surface area contributed by atoms with Crippen molar-refractivity contribution in [3.05, 3.63) is 58.1 Å². The van der Waals surface area contributed by atoms with Crippen LogP contribution >= 0.6 is 15.9 Å². The van der Waals surface area contributed by atoms with Gasteiger partial charge in [0.15, 0.2) is 0 Å². The number of benzene rings is 2. The van der Waals surface area contributed by atoms with Crippen molar-refractivity contribution in [1.82, 2.24) is 0 Å². The van der Waals surface area contributed by atoms with Crippen molar-refractivity contribution < 1.29 is 4.74 Å². The lowest BCUT2D eigenvalue weighted by Crippen LogP contribution is -1.94. The van der Waals surface area contributed by atoms with Gasteiger partial charge in [0.2, 0.25) is 0 Å². The molecule has 2 aromatic rings. The first-order chi connectivity index (χ1) is 8.19. The van der Waals surface area contributed by atoms with Gasteiger partial charge in [-0.25, -0.2) is 0 Å². The Balaban J connectivity index is 2.28. The fraction of sp³-hybridized carbons (Fsp3) is 0.143. The zero-order valence-electron chi connectivity index (χ0n) is 9.61. The molecule has 2 aromatic carbocycles. The number of rotatable bonds is 3. The van der Waals surface area contributed by atoms with E-state index in [2.05, 4.69) is 22.0 Å². The van der Waals surface area contributed by atoms with Crippen LogP contribution in [0.2, 0.25) is 0 Å². The van der Waals surface area contributed by atoms with Crippen LogP contribution in [-0.2, 0) is 6.42 Å². The molecule has 0 unspecified atom stereocenters. The maximum Gasteiger partial charge on any atom is 0.122 e. The van der Waals surface area contributed by atoms with Gasteiger partial charge in [0, 0.05) is 16.6 Å². The average molecular weight is 292 g/mol. The predicted octanol–water partition coefficient (Wildman–Crippen LogP) is 3.63. The standard InChI is InChI=1S/C14H14BrNO/c1-17-14-7-4-12(15)9-11(14)8-10-2-5-13(16)6-3-10/h2-7,9H,8,16H2,1H3. The largest absolute Gasteiger partial charge is 0.496 e. The second-order valence-corrected chi connectivity index (χ2v) is 4.79. The molecule has 0 saturated heterocycles. The molecule has 0 radical (unpaired) electrons. The van der Waals surface area contributed by atoms with Crippen molar-refractivity contribution in [3.8, 4) is 5.75 Å². The lowest BCUT2D eigenvalue weighted by molar-refractivity contribution is 0.410. The Hall–Kier alpha value is -1.48. The monoisotopic (exact) mass is 291 g/mol. The number of halogens is 1. The lowest BCUT2D eigenvalue weighted by atomic mass is 10.0. The quantitative estimate of drug-likeness (QED) is 0.877. The van der Waals surface area contributed by atoms with Crippen molar-refractivity contribution in [2.45, 2.75) is 6.42 Å². The highest BCUT2D eigenvalue weighted by Crippen LogP contribution is 2.25. The first-order valence-electron chi connectivity index (χ1n) is 5.36. The summed E-state index contributed by atoms with van der Waals surface area (Å²) in [6, 6.07) is 13.9. The van der Waals surface area contributed by atoms with E-state index in [1.165, 1.54) is 5.56 Å².